The molecule has 1 aliphatic heterocycles. The summed E-state index contributed by atoms with van der Waals surface area (Å²) in [4.78, 5) is 17.5. The third kappa shape index (κ3) is 5.24. The number of carbonyl (C=O) groups excluding carboxylic acids is 1. The van der Waals surface area contributed by atoms with E-state index in [4.69, 9.17) is 21.3 Å². The van der Waals surface area contributed by atoms with Gasteiger partial charge in [-0.3, -0.25) is 9.36 Å². The first-order chi connectivity index (χ1) is 17.5. The van der Waals surface area contributed by atoms with Crippen LogP contribution in [0.1, 0.15) is 26.0 Å². The number of imidazole rings is 1. The SMILES string of the molecule is CC1(C)CC(=O)C=C(c2cn(-c3ccc(-c4cccc(S(C)(=O)=O)c4)cc3)c(-c3ccccc3Cl)n2)O1. The van der Waals surface area contributed by atoms with E-state index in [1.165, 1.54) is 12.3 Å². The van der Waals surface area contributed by atoms with Gasteiger partial charge in [0.25, 0.3) is 0 Å². The second-order valence-electron chi connectivity index (χ2n) is 9.66. The zero-order valence-electron chi connectivity index (χ0n) is 20.6. The standard InChI is InChI=1S/C29H25ClN2O4S/c1-29(2)17-22(33)16-27(36-29)26-18-32(28(31-26)24-9-4-5-10-25(24)30)21-13-11-19(12-14-21)20-7-6-8-23(15-20)37(3,34)35/h4-16,18H,17H2,1-3H3. The number of ketones is 1. The maximum atomic E-state index is 12.4. The molecule has 8 heteroatoms. The molecule has 1 aromatic heterocycles. The van der Waals surface area contributed by atoms with Gasteiger partial charge in [-0.25, -0.2) is 13.4 Å². The first-order valence-corrected chi connectivity index (χ1v) is 14.0. The lowest BCUT2D eigenvalue weighted by Crippen LogP contribution is -2.30. The van der Waals surface area contributed by atoms with Crippen molar-refractivity contribution in [3.8, 4) is 28.2 Å². The van der Waals surface area contributed by atoms with Gasteiger partial charge in [0.15, 0.2) is 21.4 Å². The van der Waals surface area contributed by atoms with Crippen LogP contribution in [0.25, 0.3) is 34.0 Å². The van der Waals surface area contributed by atoms with Gasteiger partial charge in [0, 0.05) is 36.2 Å². The topological polar surface area (TPSA) is 78.3 Å². The van der Waals surface area contributed by atoms with Gasteiger partial charge in [0.05, 0.1) is 9.92 Å². The number of sulfone groups is 1. The lowest BCUT2D eigenvalue weighted by Gasteiger charge is -2.29. The van der Waals surface area contributed by atoms with E-state index in [-0.39, 0.29) is 10.7 Å². The Kier molecular flexibility index (Phi) is 6.30. The number of rotatable bonds is 5. The average molecular weight is 533 g/mol. The molecule has 0 N–H and O–H groups in total. The number of hydrogen-bond donors (Lipinski definition) is 0. The summed E-state index contributed by atoms with van der Waals surface area (Å²) >= 11 is 6.54. The third-order valence-electron chi connectivity index (χ3n) is 6.09. The number of benzene rings is 3. The van der Waals surface area contributed by atoms with Crippen molar-refractivity contribution in [2.75, 3.05) is 6.26 Å². The normalized spacial score (nSPS) is 15.2. The van der Waals surface area contributed by atoms with E-state index in [1.54, 1.807) is 24.3 Å². The van der Waals surface area contributed by atoms with Crippen molar-refractivity contribution in [3.05, 3.63) is 95.8 Å². The highest BCUT2D eigenvalue weighted by molar-refractivity contribution is 7.90. The molecule has 0 saturated carbocycles. The second kappa shape index (κ2) is 9.32. The van der Waals surface area contributed by atoms with Crippen LogP contribution in [-0.2, 0) is 19.4 Å². The van der Waals surface area contributed by atoms with Gasteiger partial charge >= 0.3 is 0 Å². The molecule has 0 bridgehead atoms. The largest absolute Gasteiger partial charge is 0.485 e. The molecule has 188 valence electrons. The predicted molar refractivity (Wildman–Crippen MR) is 145 cm³/mol. The van der Waals surface area contributed by atoms with Crippen LogP contribution >= 0.6 is 11.6 Å². The summed E-state index contributed by atoms with van der Waals surface area (Å²) in [5.41, 5.74) is 3.13. The molecule has 4 aromatic rings. The molecule has 1 aliphatic rings. The summed E-state index contributed by atoms with van der Waals surface area (Å²) in [5, 5.41) is 0.546. The molecule has 0 spiro atoms. The molecule has 0 atom stereocenters. The van der Waals surface area contributed by atoms with E-state index in [2.05, 4.69) is 0 Å². The highest BCUT2D eigenvalue weighted by Crippen LogP contribution is 2.35. The summed E-state index contributed by atoms with van der Waals surface area (Å²) in [7, 11) is -3.31. The molecule has 2 heterocycles. The Morgan fingerprint density at radius 2 is 1.70 bits per heavy atom. The Morgan fingerprint density at radius 1 is 0.973 bits per heavy atom. The number of aromatic nitrogens is 2. The Labute approximate surface area is 221 Å². The number of allylic oxidation sites excluding steroid dienone is 1. The number of ether oxygens (including phenoxy) is 1. The molecule has 0 aliphatic carbocycles. The van der Waals surface area contributed by atoms with E-state index in [0.29, 0.717) is 28.7 Å². The monoisotopic (exact) mass is 532 g/mol. The van der Waals surface area contributed by atoms with Crippen LogP contribution in [0.15, 0.2) is 90.0 Å². The van der Waals surface area contributed by atoms with Gasteiger partial charge < -0.3 is 4.74 Å². The Bertz CT molecular complexity index is 1650. The minimum Gasteiger partial charge on any atom is -0.485 e. The van der Waals surface area contributed by atoms with Crippen molar-refractivity contribution in [2.45, 2.75) is 30.8 Å². The molecule has 6 nitrogen and oxygen atoms in total. The molecule has 3 aromatic carbocycles. The number of hydrogen-bond acceptors (Lipinski definition) is 5. The molecule has 0 radical (unpaired) electrons. The number of halogens is 1. The zero-order valence-corrected chi connectivity index (χ0v) is 22.2. The summed E-state index contributed by atoms with van der Waals surface area (Å²) < 4.78 is 32.0. The first-order valence-electron chi connectivity index (χ1n) is 11.7. The van der Waals surface area contributed by atoms with Gasteiger partial charge in [0.2, 0.25) is 0 Å². The fourth-order valence-electron chi connectivity index (χ4n) is 4.36. The van der Waals surface area contributed by atoms with Gasteiger partial charge in [-0.15, -0.1) is 0 Å². The van der Waals surface area contributed by atoms with Crippen molar-refractivity contribution in [2.24, 2.45) is 0 Å². The van der Waals surface area contributed by atoms with E-state index >= 15 is 0 Å². The van der Waals surface area contributed by atoms with Crippen molar-refractivity contribution in [1.29, 1.82) is 0 Å². The first kappa shape index (κ1) is 25.0. The van der Waals surface area contributed by atoms with Crippen LogP contribution < -0.4 is 0 Å². The maximum Gasteiger partial charge on any atom is 0.175 e. The smallest absolute Gasteiger partial charge is 0.175 e. The molecule has 0 unspecified atom stereocenters. The van der Waals surface area contributed by atoms with Gasteiger partial charge in [-0.1, -0.05) is 48.0 Å². The Morgan fingerprint density at radius 3 is 2.38 bits per heavy atom. The van der Waals surface area contributed by atoms with Crippen LogP contribution in [0.3, 0.4) is 0 Å². The highest BCUT2D eigenvalue weighted by Gasteiger charge is 2.31. The van der Waals surface area contributed by atoms with Crippen LogP contribution in [0.5, 0.6) is 0 Å². The predicted octanol–water partition coefficient (Wildman–Crippen LogP) is 6.37. The fourth-order valence-corrected chi connectivity index (χ4v) is 5.24. The molecule has 5 rings (SSSR count). The lowest BCUT2D eigenvalue weighted by molar-refractivity contribution is -0.119. The summed E-state index contributed by atoms with van der Waals surface area (Å²) in [5.74, 6) is 1.01. The zero-order chi connectivity index (χ0) is 26.4. The molecule has 0 saturated heterocycles. The average Bonchev–Trinajstić information content (AvgIpc) is 3.28. The lowest BCUT2D eigenvalue weighted by atomic mass is 9.98. The van der Waals surface area contributed by atoms with E-state index in [1.807, 2.05) is 73.1 Å². The minimum absolute atomic E-state index is 0.0132. The van der Waals surface area contributed by atoms with E-state index < -0.39 is 15.4 Å². The molecule has 37 heavy (non-hydrogen) atoms. The minimum atomic E-state index is -3.31. The van der Waals surface area contributed by atoms with Crippen LogP contribution in [-0.4, -0.2) is 35.6 Å². The van der Waals surface area contributed by atoms with Crippen LogP contribution in [0.2, 0.25) is 5.02 Å². The van der Waals surface area contributed by atoms with Crippen LogP contribution in [0, 0.1) is 0 Å². The third-order valence-corrected chi connectivity index (χ3v) is 7.53. The van der Waals surface area contributed by atoms with Crippen LogP contribution in [0.4, 0.5) is 0 Å². The highest BCUT2D eigenvalue weighted by atomic mass is 35.5. The second-order valence-corrected chi connectivity index (χ2v) is 12.1. The number of carbonyl (C=O) groups is 1. The van der Waals surface area contributed by atoms with Gasteiger partial charge in [-0.05, 0) is 61.4 Å². The maximum absolute atomic E-state index is 12.4. The quantitative estimate of drug-likeness (QED) is 0.298. The molecular weight excluding hydrogens is 508 g/mol. The van der Waals surface area contributed by atoms with Crippen molar-refractivity contribution >= 4 is 33.0 Å². The van der Waals surface area contributed by atoms with E-state index in [0.717, 1.165) is 22.4 Å². The fraction of sp³-hybridized carbons (Fsp3) is 0.172. The Balaban J connectivity index is 1.60. The molecular formula is C29H25ClN2O4S. The summed E-state index contributed by atoms with van der Waals surface area (Å²) in [6.07, 6.45) is 4.82. The van der Waals surface area contributed by atoms with Gasteiger partial charge in [0.1, 0.15) is 17.1 Å². The summed E-state index contributed by atoms with van der Waals surface area (Å²) in [6, 6.07) is 22.0. The molecule has 0 fully saturated rings. The Hall–Kier alpha value is -3.68. The summed E-state index contributed by atoms with van der Waals surface area (Å²) in [6.45, 7) is 3.75. The molecule has 0 amide bonds. The van der Waals surface area contributed by atoms with Crippen molar-refractivity contribution in [3.63, 3.8) is 0 Å². The number of nitrogens with zero attached hydrogens (tertiary/aromatic N) is 2. The van der Waals surface area contributed by atoms with E-state index in [9.17, 15) is 13.2 Å². The van der Waals surface area contributed by atoms with Crippen molar-refractivity contribution in [1.82, 2.24) is 9.55 Å². The van der Waals surface area contributed by atoms with Crippen molar-refractivity contribution < 1.29 is 17.9 Å². The van der Waals surface area contributed by atoms with Gasteiger partial charge in [-0.2, -0.15) is 0 Å².